The minimum atomic E-state index is -0.544. The maximum Gasteiger partial charge on any atom is 0.265 e. The number of carbonyl (C=O) groups excluding carboxylic acids is 2. The molecule has 0 bridgehead atoms. The van der Waals surface area contributed by atoms with Gasteiger partial charge < -0.3 is 10.6 Å². The fourth-order valence-electron chi connectivity index (χ4n) is 4.99. The number of amides is 2. The monoisotopic (exact) mass is 585 g/mol. The van der Waals surface area contributed by atoms with Crippen molar-refractivity contribution in [3.05, 3.63) is 98.6 Å². The van der Waals surface area contributed by atoms with Crippen LogP contribution < -0.4 is 10.6 Å². The zero-order chi connectivity index (χ0) is 28.3. The minimum Gasteiger partial charge on any atom is -0.321 e. The summed E-state index contributed by atoms with van der Waals surface area (Å²) in [6.45, 7) is 6.82. The second kappa shape index (κ2) is 12.0. The van der Waals surface area contributed by atoms with Crippen molar-refractivity contribution in [1.29, 1.82) is 5.26 Å². The Bertz CT molecular complexity index is 1550. The van der Waals surface area contributed by atoms with Crippen molar-refractivity contribution in [1.82, 2.24) is 0 Å². The third-order valence-corrected chi connectivity index (χ3v) is 10.6. The molecule has 2 unspecified atom stereocenters. The highest BCUT2D eigenvalue weighted by molar-refractivity contribution is 8.00. The van der Waals surface area contributed by atoms with E-state index in [1.54, 1.807) is 17.4 Å². The number of benzene rings is 2. The molecule has 4 aromatic rings. The topological polar surface area (TPSA) is 82.0 Å². The number of fused-ring (bicyclic) bond motifs is 1. The molecule has 0 radical (unpaired) electrons. The van der Waals surface area contributed by atoms with Crippen molar-refractivity contribution in [2.24, 2.45) is 11.3 Å². The fourth-order valence-corrected chi connectivity index (χ4v) is 7.98. The molecule has 2 heterocycles. The van der Waals surface area contributed by atoms with Crippen molar-refractivity contribution in [2.75, 3.05) is 10.6 Å². The summed E-state index contributed by atoms with van der Waals surface area (Å²) < 4.78 is 0. The molecule has 0 fully saturated rings. The highest BCUT2D eigenvalue weighted by Gasteiger charge is 2.33. The molecule has 0 saturated heterocycles. The van der Waals surface area contributed by atoms with Crippen LogP contribution in [0.3, 0.4) is 0 Å². The van der Waals surface area contributed by atoms with E-state index in [9.17, 15) is 14.9 Å². The van der Waals surface area contributed by atoms with E-state index >= 15 is 0 Å². The van der Waals surface area contributed by atoms with Gasteiger partial charge in [-0.15, -0.1) is 34.4 Å². The first kappa shape index (κ1) is 28.2. The van der Waals surface area contributed by atoms with E-state index in [0.717, 1.165) is 35.3 Å². The van der Waals surface area contributed by atoms with E-state index in [1.807, 2.05) is 66.0 Å². The number of carbonyl (C=O) groups is 2. The molecule has 0 aliphatic heterocycles. The van der Waals surface area contributed by atoms with Gasteiger partial charge in [0.05, 0.1) is 10.4 Å². The normalized spacial score (nSPS) is 15.5. The predicted octanol–water partition coefficient (Wildman–Crippen LogP) is 8.56. The Hall–Kier alpha value is -3.38. The first-order valence-corrected chi connectivity index (χ1v) is 15.8. The molecular weight excluding hydrogens is 555 g/mol. The number of nitriles is 1. The number of rotatable bonds is 7. The summed E-state index contributed by atoms with van der Waals surface area (Å²) in [5.74, 6) is 0.217. The van der Waals surface area contributed by atoms with Gasteiger partial charge in [-0.3, -0.25) is 9.59 Å². The molecule has 1 aliphatic carbocycles. The summed E-state index contributed by atoms with van der Waals surface area (Å²) in [5.41, 5.74) is 3.44. The maximum absolute atomic E-state index is 13.8. The van der Waals surface area contributed by atoms with E-state index < -0.39 is 5.25 Å². The van der Waals surface area contributed by atoms with Gasteiger partial charge in [-0.05, 0) is 71.4 Å². The number of nitrogens with one attached hydrogen (secondary N) is 2. The molecule has 2 N–H and O–H groups in total. The molecule has 0 spiro atoms. The fraction of sp³-hybridized carbons (Fsp3) is 0.281. The van der Waals surface area contributed by atoms with Crippen molar-refractivity contribution in [3.63, 3.8) is 0 Å². The Morgan fingerprint density at radius 1 is 1.05 bits per heavy atom. The Kier molecular flexibility index (Phi) is 8.46. The quantitative estimate of drug-likeness (QED) is 0.213. The Morgan fingerprint density at radius 2 is 1.85 bits per heavy atom. The smallest absolute Gasteiger partial charge is 0.265 e. The lowest BCUT2D eigenvalue weighted by atomic mass is 9.72. The van der Waals surface area contributed by atoms with E-state index in [1.165, 1.54) is 28.0 Å². The number of thioether (sulfide) groups is 1. The van der Waals surface area contributed by atoms with Gasteiger partial charge in [0.1, 0.15) is 16.3 Å². The lowest BCUT2D eigenvalue weighted by Gasteiger charge is -2.33. The standard InChI is InChI=1S/C32H31N3O2S3/c1-32(2,3)21-14-15-24-25(19-33)31(40-27(24)17-21)35-30(37)28(20-9-5-4-6-10-20)39-23-12-7-11-22(18-23)34-29(36)26-13-8-16-38-26/h4-13,16,18,21,28H,14-15,17H2,1-3H3,(H,34,36)(H,35,37). The molecule has 8 heteroatoms. The average Bonchev–Trinajstić information content (AvgIpc) is 3.59. The first-order valence-electron chi connectivity index (χ1n) is 13.2. The van der Waals surface area contributed by atoms with Gasteiger partial charge in [0.25, 0.3) is 5.91 Å². The summed E-state index contributed by atoms with van der Waals surface area (Å²) in [5, 5.41) is 18.1. The molecule has 5 nitrogen and oxygen atoms in total. The average molecular weight is 586 g/mol. The Morgan fingerprint density at radius 3 is 2.55 bits per heavy atom. The summed E-state index contributed by atoms with van der Waals surface area (Å²) in [6, 6.07) is 23.2. The van der Waals surface area contributed by atoms with Crippen LogP contribution in [0.25, 0.3) is 0 Å². The van der Waals surface area contributed by atoms with Gasteiger partial charge >= 0.3 is 0 Å². The van der Waals surface area contributed by atoms with E-state index in [-0.39, 0.29) is 17.2 Å². The maximum atomic E-state index is 13.8. The van der Waals surface area contributed by atoms with Crippen molar-refractivity contribution < 1.29 is 9.59 Å². The Balaban J connectivity index is 1.38. The number of hydrogen-bond acceptors (Lipinski definition) is 6. The van der Waals surface area contributed by atoms with Gasteiger partial charge in [0.15, 0.2) is 0 Å². The highest BCUT2D eigenvalue weighted by atomic mass is 32.2. The van der Waals surface area contributed by atoms with Crippen LogP contribution in [-0.2, 0) is 17.6 Å². The number of nitrogens with zero attached hydrogens (tertiary/aromatic N) is 1. The minimum absolute atomic E-state index is 0.158. The number of anilines is 2. The SMILES string of the molecule is CC(C)(C)C1CCc2c(sc(NC(=O)C(Sc3cccc(NC(=O)c4cccs4)c3)c3ccccc3)c2C#N)C1. The summed E-state index contributed by atoms with van der Waals surface area (Å²) in [4.78, 5) is 29.1. The van der Waals surface area contributed by atoms with E-state index in [4.69, 9.17) is 0 Å². The lowest BCUT2D eigenvalue weighted by molar-refractivity contribution is -0.115. The molecule has 40 heavy (non-hydrogen) atoms. The van der Waals surface area contributed by atoms with Crippen molar-refractivity contribution >= 4 is 56.9 Å². The molecule has 204 valence electrons. The van der Waals surface area contributed by atoms with Crippen LogP contribution in [0, 0.1) is 22.7 Å². The van der Waals surface area contributed by atoms with Gasteiger partial charge in [-0.1, -0.05) is 63.2 Å². The van der Waals surface area contributed by atoms with Gasteiger partial charge in [0.2, 0.25) is 5.91 Å². The molecule has 1 aliphatic rings. The van der Waals surface area contributed by atoms with E-state index in [0.29, 0.717) is 27.0 Å². The van der Waals surface area contributed by atoms with Crippen molar-refractivity contribution in [3.8, 4) is 6.07 Å². The second-order valence-electron chi connectivity index (χ2n) is 11.0. The second-order valence-corrected chi connectivity index (χ2v) is 14.2. The van der Waals surface area contributed by atoms with Crippen LogP contribution in [0.1, 0.15) is 63.7 Å². The predicted molar refractivity (Wildman–Crippen MR) is 166 cm³/mol. The molecular formula is C32H31N3O2S3. The van der Waals surface area contributed by atoms with Crippen LogP contribution in [0.4, 0.5) is 10.7 Å². The number of hydrogen-bond donors (Lipinski definition) is 2. The van der Waals surface area contributed by atoms with Gasteiger partial charge in [-0.2, -0.15) is 5.26 Å². The van der Waals surface area contributed by atoms with Crippen LogP contribution in [0.15, 0.2) is 77.0 Å². The molecule has 5 rings (SSSR count). The van der Waals surface area contributed by atoms with Crippen LogP contribution in [0.2, 0.25) is 0 Å². The largest absolute Gasteiger partial charge is 0.321 e. The lowest BCUT2D eigenvalue weighted by Crippen LogP contribution is -2.26. The third kappa shape index (κ3) is 6.33. The summed E-state index contributed by atoms with van der Waals surface area (Å²) in [6.07, 6.45) is 2.86. The summed E-state index contributed by atoms with van der Waals surface area (Å²) in [7, 11) is 0. The van der Waals surface area contributed by atoms with Gasteiger partial charge in [-0.25, -0.2) is 0 Å². The molecule has 2 aromatic heterocycles. The van der Waals surface area contributed by atoms with Crippen LogP contribution >= 0.6 is 34.4 Å². The zero-order valence-electron chi connectivity index (χ0n) is 22.7. The summed E-state index contributed by atoms with van der Waals surface area (Å²) >= 11 is 4.36. The number of thiophene rings is 2. The molecule has 2 aromatic carbocycles. The van der Waals surface area contributed by atoms with Gasteiger partial charge in [0, 0.05) is 15.5 Å². The molecule has 2 atom stereocenters. The van der Waals surface area contributed by atoms with E-state index in [2.05, 4.69) is 37.5 Å². The van der Waals surface area contributed by atoms with Crippen LogP contribution in [0.5, 0.6) is 0 Å². The molecule has 0 saturated carbocycles. The van der Waals surface area contributed by atoms with Crippen molar-refractivity contribution in [2.45, 2.75) is 50.2 Å². The third-order valence-electron chi connectivity index (χ3n) is 7.27. The molecule has 2 amide bonds. The highest BCUT2D eigenvalue weighted by Crippen LogP contribution is 2.45. The zero-order valence-corrected chi connectivity index (χ0v) is 25.1. The first-order chi connectivity index (χ1) is 19.2. The van der Waals surface area contributed by atoms with Crippen LogP contribution in [-0.4, -0.2) is 11.8 Å². The Labute approximate surface area is 247 Å².